The van der Waals surface area contributed by atoms with Gasteiger partial charge in [-0.2, -0.15) is 0 Å². The largest absolute Gasteiger partial charge is 0.311 e. The number of benzene rings is 5. The average Bonchev–Trinajstić information content (AvgIpc) is 3.18. The Morgan fingerprint density at radius 1 is 0.321 bits per heavy atom. The fourth-order valence-electron chi connectivity index (χ4n) is 5.55. The second kappa shape index (κ2) is 25.3. The number of nitrogens with zero attached hydrogens (tertiary/aromatic N) is 2. The van der Waals surface area contributed by atoms with Gasteiger partial charge >= 0.3 is 0 Å². The Labute approximate surface area is 330 Å². The van der Waals surface area contributed by atoms with Crippen molar-refractivity contribution in [1.29, 1.82) is 0 Å². The quantitative estimate of drug-likeness (QED) is 0.163. The molecule has 0 aliphatic carbocycles. The lowest BCUT2D eigenvalue weighted by molar-refractivity contribution is 1.25. The molecule has 5 heteroatoms. The van der Waals surface area contributed by atoms with E-state index in [0.717, 1.165) is 0 Å². The molecule has 0 saturated carbocycles. The zero-order valence-corrected chi connectivity index (χ0v) is 39.1. The third-order valence-corrected chi connectivity index (χ3v) is 6.84. The Hall–Kier alpha value is -3.80. The molecule has 0 atom stereocenters. The second-order valence-electron chi connectivity index (χ2n) is 14.6. The molecule has 5 aromatic rings. The molecule has 0 N–H and O–H groups in total. The first-order chi connectivity index (χ1) is 25.4. The SMILES string of the molecule is CC.CC.CC.CC.CC.C[Si](C)(C)C.C[Si](C)(C)C.c1ccc(N2c3ccccc3B3c4ccccc4N(c4ccccc4)c4cccc2c43)cc1. The fraction of sp³-hybridized carbons (Fsp3) is 0.375. The molecular weight excluding hydrogens is 672 g/mol. The van der Waals surface area contributed by atoms with Gasteiger partial charge in [0.2, 0.25) is 0 Å². The smallest absolute Gasteiger partial charge is 0.252 e. The topological polar surface area (TPSA) is 6.48 Å². The van der Waals surface area contributed by atoms with Gasteiger partial charge in [0.05, 0.1) is 0 Å². The van der Waals surface area contributed by atoms with Gasteiger partial charge in [-0.15, -0.1) is 0 Å². The van der Waals surface area contributed by atoms with Crippen molar-refractivity contribution in [1.82, 2.24) is 0 Å². The number of hydrogen-bond acceptors (Lipinski definition) is 2. The predicted octanol–water partition coefficient (Wildman–Crippen LogP) is 14.8. The molecule has 288 valence electrons. The first-order valence-electron chi connectivity index (χ1n) is 20.4. The molecule has 2 nitrogen and oxygen atoms in total. The monoisotopic (exact) mass is 747 g/mol. The molecule has 5 aromatic carbocycles. The molecule has 0 saturated heterocycles. The molecule has 0 radical (unpaired) electrons. The summed E-state index contributed by atoms with van der Waals surface area (Å²) in [7, 11) is -1.22. The van der Waals surface area contributed by atoms with Crippen molar-refractivity contribution in [3.05, 3.63) is 127 Å². The van der Waals surface area contributed by atoms with E-state index in [1.165, 1.54) is 50.5 Å². The lowest BCUT2D eigenvalue weighted by Gasteiger charge is -2.44. The van der Waals surface area contributed by atoms with Gasteiger partial charge in [0, 0.05) is 50.3 Å². The van der Waals surface area contributed by atoms with Crippen LogP contribution in [0, 0.1) is 0 Å². The van der Waals surface area contributed by atoms with Crippen LogP contribution in [0.2, 0.25) is 52.4 Å². The van der Waals surface area contributed by atoms with E-state index >= 15 is 0 Å². The van der Waals surface area contributed by atoms with Crippen LogP contribution in [-0.2, 0) is 0 Å². The third kappa shape index (κ3) is 14.5. The van der Waals surface area contributed by atoms with E-state index in [-0.39, 0.29) is 6.71 Å². The summed E-state index contributed by atoms with van der Waals surface area (Å²) in [6, 6.07) is 45.9. The molecular formula is C48H75BN2Si2. The maximum atomic E-state index is 2.42. The Kier molecular flexibility index (Phi) is 23.4. The first-order valence-corrected chi connectivity index (χ1v) is 28.4. The summed E-state index contributed by atoms with van der Waals surface area (Å²) in [5.74, 6) is 0. The summed E-state index contributed by atoms with van der Waals surface area (Å²) in [6.45, 7) is 38.8. The van der Waals surface area contributed by atoms with Crippen molar-refractivity contribution in [3.63, 3.8) is 0 Å². The summed E-state index contributed by atoms with van der Waals surface area (Å²) >= 11 is 0. The number of para-hydroxylation sites is 4. The van der Waals surface area contributed by atoms with Crippen LogP contribution in [0.15, 0.2) is 127 Å². The number of rotatable bonds is 2. The minimum absolute atomic E-state index is 0.198. The Bertz CT molecular complexity index is 1540. The molecule has 0 fully saturated rings. The molecule has 2 heterocycles. The van der Waals surface area contributed by atoms with Crippen molar-refractivity contribution in [2.45, 2.75) is 122 Å². The van der Waals surface area contributed by atoms with E-state index < -0.39 is 16.1 Å². The summed E-state index contributed by atoms with van der Waals surface area (Å²) in [6.07, 6.45) is 0. The van der Waals surface area contributed by atoms with Crippen LogP contribution in [0.1, 0.15) is 69.2 Å². The third-order valence-electron chi connectivity index (χ3n) is 6.84. The van der Waals surface area contributed by atoms with Gasteiger partial charge in [0.1, 0.15) is 0 Å². The van der Waals surface area contributed by atoms with Crippen molar-refractivity contribution < 1.29 is 0 Å². The summed E-state index contributed by atoms with van der Waals surface area (Å²) < 4.78 is 0. The lowest BCUT2D eigenvalue weighted by atomic mass is 9.33. The van der Waals surface area contributed by atoms with Crippen LogP contribution in [-0.4, -0.2) is 22.9 Å². The van der Waals surface area contributed by atoms with Gasteiger partial charge in [0.25, 0.3) is 6.71 Å². The number of hydrogen-bond donors (Lipinski definition) is 0. The summed E-state index contributed by atoms with van der Waals surface area (Å²) in [4.78, 5) is 4.84. The zero-order chi connectivity index (χ0) is 40.8. The molecule has 0 amide bonds. The van der Waals surface area contributed by atoms with Crippen LogP contribution in [0.25, 0.3) is 0 Å². The normalized spacial score (nSPS) is 11.1. The van der Waals surface area contributed by atoms with Crippen molar-refractivity contribution in [3.8, 4) is 0 Å². The number of fused-ring (bicyclic) bond motifs is 4. The van der Waals surface area contributed by atoms with Gasteiger partial charge in [-0.3, -0.25) is 0 Å². The van der Waals surface area contributed by atoms with Crippen LogP contribution < -0.4 is 26.2 Å². The van der Waals surface area contributed by atoms with Gasteiger partial charge < -0.3 is 9.80 Å². The standard InChI is InChI=1S/C30H21BN2.2C4H12Si.5C2H6/c1-3-12-22(13-4-1)32-26-18-9-7-16-24(26)31-25-17-8-10-19-27(25)33(23-14-5-2-6-15-23)29-21-11-20-28(32)30(29)31;2*1-5(2,3)4;5*1-2/h1-21H;2*1-4H3;5*1-2H3. The lowest BCUT2D eigenvalue weighted by Crippen LogP contribution is -2.61. The molecule has 0 spiro atoms. The number of anilines is 6. The molecule has 0 bridgehead atoms. The average molecular weight is 747 g/mol. The molecule has 7 rings (SSSR count). The van der Waals surface area contributed by atoms with E-state index in [0.29, 0.717) is 0 Å². The maximum absolute atomic E-state index is 2.42. The minimum Gasteiger partial charge on any atom is -0.311 e. The highest BCUT2D eigenvalue weighted by atomic mass is 28.3. The van der Waals surface area contributed by atoms with Crippen molar-refractivity contribution in [2.75, 3.05) is 9.80 Å². The Morgan fingerprint density at radius 2 is 0.566 bits per heavy atom. The summed E-state index contributed by atoms with van der Waals surface area (Å²) in [5, 5.41) is 0. The Morgan fingerprint density at radius 3 is 0.868 bits per heavy atom. The molecule has 2 aliphatic rings. The van der Waals surface area contributed by atoms with Crippen molar-refractivity contribution in [2.24, 2.45) is 0 Å². The fourth-order valence-corrected chi connectivity index (χ4v) is 5.55. The molecule has 0 unspecified atom stereocenters. The van der Waals surface area contributed by atoms with Crippen molar-refractivity contribution >= 4 is 73.4 Å². The highest BCUT2D eigenvalue weighted by molar-refractivity contribution is 7.00. The predicted molar refractivity (Wildman–Crippen MR) is 256 cm³/mol. The highest BCUT2D eigenvalue weighted by Crippen LogP contribution is 2.43. The van der Waals surface area contributed by atoms with Crippen LogP contribution in [0.5, 0.6) is 0 Å². The van der Waals surface area contributed by atoms with Crippen LogP contribution in [0.4, 0.5) is 34.1 Å². The van der Waals surface area contributed by atoms with Gasteiger partial charge in [0.15, 0.2) is 0 Å². The molecule has 0 aromatic heterocycles. The first kappa shape index (κ1) is 49.2. The van der Waals surface area contributed by atoms with Gasteiger partial charge in [-0.05, 0) is 64.9 Å². The van der Waals surface area contributed by atoms with Crippen LogP contribution in [0.3, 0.4) is 0 Å². The van der Waals surface area contributed by atoms with Gasteiger partial charge in [-0.1, -0.05) is 200 Å². The molecule has 2 aliphatic heterocycles. The van der Waals surface area contributed by atoms with Crippen LogP contribution >= 0.6 is 0 Å². The summed E-state index contributed by atoms with van der Waals surface area (Å²) in [5.41, 5.74) is 11.4. The van der Waals surface area contributed by atoms with Gasteiger partial charge in [-0.25, -0.2) is 0 Å². The second-order valence-corrected chi connectivity index (χ2v) is 26.6. The van der Waals surface area contributed by atoms with E-state index in [1.54, 1.807) is 0 Å². The van der Waals surface area contributed by atoms with E-state index in [1.807, 2.05) is 69.2 Å². The highest BCUT2D eigenvalue weighted by Gasteiger charge is 2.42. The minimum atomic E-state index is -0.611. The molecule has 53 heavy (non-hydrogen) atoms. The maximum Gasteiger partial charge on any atom is 0.252 e. The Balaban J connectivity index is 0.00000115. The zero-order valence-electron chi connectivity index (χ0n) is 37.1. The van der Waals surface area contributed by atoms with E-state index in [9.17, 15) is 0 Å². The van der Waals surface area contributed by atoms with E-state index in [4.69, 9.17) is 0 Å². The van der Waals surface area contributed by atoms with E-state index in [2.05, 4.69) is 190 Å².